The minimum atomic E-state index is -0.397. The first-order valence-corrected chi connectivity index (χ1v) is 8.27. The van der Waals surface area contributed by atoms with Crippen molar-refractivity contribution in [3.63, 3.8) is 0 Å². The molecule has 0 radical (unpaired) electrons. The average Bonchev–Trinajstić information content (AvgIpc) is 2.68. The molecule has 1 N–H and O–H groups in total. The van der Waals surface area contributed by atoms with Gasteiger partial charge in [0, 0.05) is 22.4 Å². The number of ketones is 2. The van der Waals surface area contributed by atoms with Crippen LogP contribution < -0.4 is 5.32 Å². The average molecular weight is 347 g/mol. The Hall–Kier alpha value is -3.27. The fraction of sp³-hybridized carbons (Fsp3) is 0.0909. The van der Waals surface area contributed by atoms with E-state index in [2.05, 4.69) is 5.32 Å². The van der Waals surface area contributed by atoms with Crippen LogP contribution in [0.3, 0.4) is 0 Å². The lowest BCUT2D eigenvalue weighted by molar-refractivity contribution is 0.100. The first kappa shape index (κ1) is 17.5. The van der Waals surface area contributed by atoms with Gasteiger partial charge < -0.3 is 5.32 Å². The lowest BCUT2D eigenvalue weighted by atomic mass is 10.0. The zero-order chi connectivity index (χ0) is 18.5. The maximum atomic E-state index is 13.6. The Morgan fingerprint density at radius 3 is 2.31 bits per heavy atom. The van der Waals surface area contributed by atoms with E-state index >= 15 is 0 Å². The van der Waals surface area contributed by atoms with Gasteiger partial charge in [0.05, 0.1) is 6.54 Å². The lowest BCUT2D eigenvalue weighted by Crippen LogP contribution is -2.14. The number of anilines is 1. The van der Waals surface area contributed by atoms with E-state index in [0.717, 1.165) is 0 Å². The molecule has 0 bridgehead atoms. The van der Waals surface area contributed by atoms with Gasteiger partial charge in [0.2, 0.25) is 0 Å². The summed E-state index contributed by atoms with van der Waals surface area (Å²) >= 11 is 0. The summed E-state index contributed by atoms with van der Waals surface area (Å²) in [5.74, 6) is -0.698. The minimum Gasteiger partial charge on any atom is -0.378 e. The molecule has 0 fully saturated rings. The summed E-state index contributed by atoms with van der Waals surface area (Å²) in [6.07, 6.45) is 0. The SMILES string of the molecule is Cc1ccc(C(=O)CNc2cccc(C(=O)c3ccccc3)c2)cc1F. The predicted molar refractivity (Wildman–Crippen MR) is 100 cm³/mol. The Kier molecular flexibility index (Phi) is 5.23. The van der Waals surface area contributed by atoms with Gasteiger partial charge in [0.25, 0.3) is 0 Å². The summed E-state index contributed by atoms with van der Waals surface area (Å²) in [6.45, 7) is 1.67. The molecule has 3 aromatic carbocycles. The monoisotopic (exact) mass is 347 g/mol. The van der Waals surface area contributed by atoms with Crippen LogP contribution in [0.5, 0.6) is 0 Å². The molecular weight excluding hydrogens is 329 g/mol. The highest BCUT2D eigenvalue weighted by Crippen LogP contribution is 2.16. The third-order valence-corrected chi connectivity index (χ3v) is 4.11. The first-order valence-electron chi connectivity index (χ1n) is 8.27. The largest absolute Gasteiger partial charge is 0.378 e. The Balaban J connectivity index is 1.70. The molecule has 0 aliphatic rings. The van der Waals surface area contributed by atoms with Gasteiger partial charge in [-0.1, -0.05) is 54.6 Å². The molecule has 3 nitrogen and oxygen atoms in total. The molecule has 0 heterocycles. The van der Waals surface area contributed by atoms with Gasteiger partial charge >= 0.3 is 0 Å². The molecule has 0 saturated heterocycles. The van der Waals surface area contributed by atoms with Crippen LogP contribution in [0.25, 0.3) is 0 Å². The van der Waals surface area contributed by atoms with E-state index in [-0.39, 0.29) is 18.1 Å². The number of aryl methyl sites for hydroxylation is 1. The predicted octanol–water partition coefficient (Wildman–Crippen LogP) is 4.66. The molecule has 0 aliphatic carbocycles. The first-order chi connectivity index (χ1) is 12.5. The Bertz CT molecular complexity index is 951. The van der Waals surface area contributed by atoms with Gasteiger partial charge in [-0.2, -0.15) is 0 Å². The van der Waals surface area contributed by atoms with Crippen LogP contribution in [0, 0.1) is 12.7 Å². The van der Waals surface area contributed by atoms with Gasteiger partial charge in [-0.3, -0.25) is 9.59 Å². The fourth-order valence-electron chi connectivity index (χ4n) is 2.58. The number of Topliss-reactive ketones (excluding diaryl/α,β-unsaturated/α-hetero) is 1. The number of benzene rings is 3. The number of carbonyl (C=O) groups is 2. The maximum Gasteiger partial charge on any atom is 0.193 e. The second-order valence-corrected chi connectivity index (χ2v) is 6.02. The number of halogens is 1. The molecule has 0 unspecified atom stereocenters. The van der Waals surface area contributed by atoms with E-state index in [0.29, 0.717) is 27.9 Å². The van der Waals surface area contributed by atoms with E-state index in [1.165, 1.54) is 6.07 Å². The Morgan fingerprint density at radius 1 is 0.846 bits per heavy atom. The number of hydrogen-bond acceptors (Lipinski definition) is 3. The summed E-state index contributed by atoms with van der Waals surface area (Å²) in [5, 5.41) is 3.00. The second kappa shape index (κ2) is 7.74. The topological polar surface area (TPSA) is 46.2 Å². The van der Waals surface area contributed by atoms with Crippen LogP contribution in [-0.2, 0) is 0 Å². The van der Waals surface area contributed by atoms with Crippen LogP contribution >= 0.6 is 0 Å². The zero-order valence-corrected chi connectivity index (χ0v) is 14.3. The highest BCUT2D eigenvalue weighted by Gasteiger charge is 2.11. The molecule has 26 heavy (non-hydrogen) atoms. The lowest BCUT2D eigenvalue weighted by Gasteiger charge is -2.08. The summed E-state index contributed by atoms with van der Waals surface area (Å²) in [5.41, 5.74) is 2.62. The van der Waals surface area contributed by atoms with Gasteiger partial charge in [0.15, 0.2) is 11.6 Å². The molecule has 0 atom stereocenters. The van der Waals surface area contributed by atoms with Crippen molar-refractivity contribution in [3.05, 3.63) is 101 Å². The van der Waals surface area contributed by atoms with E-state index in [1.807, 2.05) is 18.2 Å². The maximum absolute atomic E-state index is 13.6. The van der Waals surface area contributed by atoms with Gasteiger partial charge in [-0.15, -0.1) is 0 Å². The quantitative estimate of drug-likeness (QED) is 0.660. The van der Waals surface area contributed by atoms with Crippen LogP contribution in [0.1, 0.15) is 31.8 Å². The van der Waals surface area contributed by atoms with Crippen LogP contribution in [-0.4, -0.2) is 18.1 Å². The standard InChI is InChI=1S/C22H18FNO2/c1-15-10-11-17(13-20(15)23)21(25)14-24-19-9-5-8-18(12-19)22(26)16-6-3-2-4-7-16/h2-13,24H,14H2,1H3. The normalized spacial score (nSPS) is 10.4. The highest BCUT2D eigenvalue weighted by atomic mass is 19.1. The van der Waals surface area contributed by atoms with E-state index < -0.39 is 5.82 Å². The molecule has 4 heteroatoms. The number of nitrogens with one attached hydrogen (secondary N) is 1. The van der Waals surface area contributed by atoms with E-state index in [4.69, 9.17) is 0 Å². The molecule has 3 aromatic rings. The second-order valence-electron chi connectivity index (χ2n) is 6.02. The molecule has 0 saturated carbocycles. The van der Waals surface area contributed by atoms with Crippen molar-refractivity contribution < 1.29 is 14.0 Å². The number of hydrogen-bond donors (Lipinski definition) is 1. The van der Waals surface area contributed by atoms with Crippen LogP contribution in [0.15, 0.2) is 72.8 Å². The summed E-state index contributed by atoms with van der Waals surface area (Å²) in [4.78, 5) is 24.7. The third kappa shape index (κ3) is 4.03. The van der Waals surface area contributed by atoms with E-state index in [9.17, 15) is 14.0 Å². The van der Waals surface area contributed by atoms with Crippen molar-refractivity contribution in [2.24, 2.45) is 0 Å². The van der Waals surface area contributed by atoms with Gasteiger partial charge in [0.1, 0.15) is 5.82 Å². The summed E-state index contributed by atoms with van der Waals surface area (Å²) in [6, 6.07) is 20.4. The van der Waals surface area contributed by atoms with Crippen molar-refractivity contribution in [1.82, 2.24) is 0 Å². The molecule has 0 spiro atoms. The van der Waals surface area contributed by atoms with Crippen molar-refractivity contribution in [2.75, 3.05) is 11.9 Å². The van der Waals surface area contributed by atoms with Crippen LogP contribution in [0.2, 0.25) is 0 Å². The van der Waals surface area contributed by atoms with Gasteiger partial charge in [-0.25, -0.2) is 4.39 Å². The molecular formula is C22H18FNO2. The molecule has 130 valence electrons. The smallest absolute Gasteiger partial charge is 0.193 e. The van der Waals surface area contributed by atoms with Crippen molar-refractivity contribution in [3.8, 4) is 0 Å². The molecule has 3 rings (SSSR count). The van der Waals surface area contributed by atoms with Crippen molar-refractivity contribution in [1.29, 1.82) is 0 Å². The fourth-order valence-corrected chi connectivity index (χ4v) is 2.58. The third-order valence-electron chi connectivity index (χ3n) is 4.11. The van der Waals surface area contributed by atoms with E-state index in [1.54, 1.807) is 55.5 Å². The summed E-state index contributed by atoms with van der Waals surface area (Å²) < 4.78 is 13.6. The van der Waals surface area contributed by atoms with Crippen molar-refractivity contribution in [2.45, 2.75) is 6.92 Å². The summed E-state index contributed by atoms with van der Waals surface area (Å²) in [7, 11) is 0. The van der Waals surface area contributed by atoms with Gasteiger partial charge in [-0.05, 0) is 30.7 Å². The molecule has 0 amide bonds. The Morgan fingerprint density at radius 2 is 1.58 bits per heavy atom. The molecule has 0 aliphatic heterocycles. The van der Waals surface area contributed by atoms with Crippen LogP contribution in [0.4, 0.5) is 10.1 Å². The zero-order valence-electron chi connectivity index (χ0n) is 14.3. The Labute approximate surface area is 151 Å². The minimum absolute atomic E-state index is 0.0193. The molecule has 0 aromatic heterocycles. The number of rotatable bonds is 6. The number of carbonyl (C=O) groups excluding carboxylic acids is 2. The van der Waals surface area contributed by atoms with Crippen molar-refractivity contribution >= 4 is 17.3 Å². The highest BCUT2D eigenvalue weighted by molar-refractivity contribution is 6.09.